The van der Waals surface area contributed by atoms with Crippen molar-refractivity contribution in [1.82, 2.24) is 0 Å². The predicted octanol–water partition coefficient (Wildman–Crippen LogP) is 2.51. The fraction of sp³-hybridized carbons (Fsp3) is 0.263. The molecule has 0 aliphatic carbocycles. The summed E-state index contributed by atoms with van der Waals surface area (Å²) in [7, 11) is -3.24. The number of amides is 1. The van der Waals surface area contributed by atoms with E-state index in [1.807, 2.05) is 0 Å². The van der Waals surface area contributed by atoms with Crippen molar-refractivity contribution >= 4 is 27.4 Å². The van der Waals surface area contributed by atoms with Gasteiger partial charge >= 0.3 is 5.97 Å². The van der Waals surface area contributed by atoms with Crippen molar-refractivity contribution in [1.29, 1.82) is 0 Å². The van der Waals surface area contributed by atoms with Crippen LogP contribution in [0.15, 0.2) is 53.4 Å². The molecule has 2 aromatic rings. The first kappa shape index (κ1) is 20.4. The van der Waals surface area contributed by atoms with E-state index in [1.165, 1.54) is 12.1 Å². The van der Waals surface area contributed by atoms with Gasteiger partial charge in [-0.3, -0.25) is 9.59 Å². The molecule has 0 fully saturated rings. The second-order valence-corrected chi connectivity index (χ2v) is 7.99. The van der Waals surface area contributed by atoms with Gasteiger partial charge in [-0.15, -0.1) is 0 Å². The lowest BCUT2D eigenvalue weighted by atomic mass is 10.1. The number of rotatable bonds is 9. The molecule has 2 aromatic carbocycles. The number of benzene rings is 2. The molecule has 27 heavy (non-hydrogen) atoms. The maximum Gasteiger partial charge on any atom is 0.307 e. The molecular weight excluding hydrogens is 370 g/mol. The zero-order valence-electron chi connectivity index (χ0n) is 14.8. The van der Waals surface area contributed by atoms with Crippen LogP contribution < -0.4 is 10.1 Å². The van der Waals surface area contributed by atoms with Crippen molar-refractivity contribution in [3.63, 3.8) is 0 Å². The number of carbonyl (C=O) groups excluding carboxylic acids is 1. The van der Waals surface area contributed by atoms with Crippen LogP contribution in [0.5, 0.6) is 5.75 Å². The van der Waals surface area contributed by atoms with E-state index < -0.39 is 15.8 Å². The summed E-state index contributed by atoms with van der Waals surface area (Å²) in [4.78, 5) is 23.1. The SMILES string of the molecule is CS(=O)(=O)c1ccc(OCCCC(=O)Nc2ccccc2CC(=O)O)cc1. The highest BCUT2D eigenvalue weighted by Gasteiger charge is 2.10. The molecule has 0 bridgehead atoms. The van der Waals surface area contributed by atoms with Crippen LogP contribution in [0.1, 0.15) is 18.4 Å². The molecule has 2 rings (SSSR count). The summed E-state index contributed by atoms with van der Waals surface area (Å²) in [6.07, 6.45) is 1.64. The first-order valence-corrected chi connectivity index (χ1v) is 10.2. The van der Waals surface area contributed by atoms with Crippen LogP contribution in [0.4, 0.5) is 5.69 Å². The standard InChI is InChI=1S/C19H21NO6S/c1-27(24,25)16-10-8-15(9-11-16)26-12-4-7-18(21)20-17-6-3-2-5-14(17)13-19(22)23/h2-3,5-6,8-11H,4,7,12-13H2,1H3,(H,20,21)(H,22,23). The molecule has 2 N–H and O–H groups in total. The third-order valence-electron chi connectivity index (χ3n) is 3.70. The minimum atomic E-state index is -3.24. The average Bonchev–Trinajstić information content (AvgIpc) is 2.60. The van der Waals surface area contributed by atoms with E-state index in [-0.39, 0.29) is 23.6 Å². The van der Waals surface area contributed by atoms with Crippen molar-refractivity contribution in [3.05, 3.63) is 54.1 Å². The highest BCUT2D eigenvalue weighted by Crippen LogP contribution is 2.17. The molecule has 0 saturated carbocycles. The van der Waals surface area contributed by atoms with Crippen molar-refractivity contribution in [3.8, 4) is 5.75 Å². The molecule has 0 heterocycles. The molecule has 0 aromatic heterocycles. The lowest BCUT2D eigenvalue weighted by Crippen LogP contribution is -2.15. The second kappa shape index (κ2) is 9.18. The van der Waals surface area contributed by atoms with Gasteiger partial charge in [-0.1, -0.05) is 18.2 Å². The highest BCUT2D eigenvalue weighted by atomic mass is 32.2. The monoisotopic (exact) mass is 391 g/mol. The number of carboxylic acid groups (broad SMARTS) is 1. The summed E-state index contributed by atoms with van der Waals surface area (Å²) in [5.74, 6) is -0.675. The average molecular weight is 391 g/mol. The second-order valence-electron chi connectivity index (χ2n) is 5.97. The summed E-state index contributed by atoms with van der Waals surface area (Å²) in [6.45, 7) is 0.294. The molecule has 0 saturated heterocycles. The van der Waals surface area contributed by atoms with Crippen molar-refractivity contribution < 1.29 is 27.9 Å². The lowest BCUT2D eigenvalue weighted by molar-refractivity contribution is -0.136. The maximum absolute atomic E-state index is 12.0. The number of para-hydroxylation sites is 1. The fourth-order valence-corrected chi connectivity index (χ4v) is 3.01. The molecular formula is C19H21NO6S. The van der Waals surface area contributed by atoms with Crippen LogP contribution >= 0.6 is 0 Å². The number of carbonyl (C=O) groups is 2. The number of hydrogen-bond donors (Lipinski definition) is 2. The van der Waals surface area contributed by atoms with Crippen LogP contribution in [-0.4, -0.2) is 38.3 Å². The van der Waals surface area contributed by atoms with E-state index in [0.29, 0.717) is 30.0 Å². The summed E-state index contributed by atoms with van der Waals surface area (Å²) in [5, 5.41) is 11.6. The molecule has 1 amide bonds. The van der Waals surface area contributed by atoms with E-state index in [2.05, 4.69) is 5.32 Å². The van der Waals surface area contributed by atoms with Gasteiger partial charge in [-0.2, -0.15) is 0 Å². The molecule has 144 valence electrons. The quantitative estimate of drug-likeness (QED) is 0.636. The largest absolute Gasteiger partial charge is 0.494 e. The Hall–Kier alpha value is -2.87. The van der Waals surface area contributed by atoms with Crippen LogP contribution in [0.25, 0.3) is 0 Å². The first-order valence-electron chi connectivity index (χ1n) is 8.28. The molecule has 0 aliphatic heterocycles. The van der Waals surface area contributed by atoms with Crippen LogP contribution in [-0.2, 0) is 25.8 Å². The number of hydrogen-bond acceptors (Lipinski definition) is 5. The predicted molar refractivity (Wildman–Crippen MR) is 101 cm³/mol. The van der Waals surface area contributed by atoms with Crippen molar-refractivity contribution in [2.24, 2.45) is 0 Å². The van der Waals surface area contributed by atoms with E-state index in [4.69, 9.17) is 9.84 Å². The molecule has 0 unspecified atom stereocenters. The Labute approximate surface area is 157 Å². The molecule has 8 heteroatoms. The Morgan fingerprint density at radius 1 is 1.07 bits per heavy atom. The molecule has 0 spiro atoms. The summed E-state index contributed by atoms with van der Waals surface area (Å²) in [5.41, 5.74) is 1.03. The van der Waals surface area contributed by atoms with Crippen molar-refractivity contribution in [2.45, 2.75) is 24.2 Å². The zero-order valence-corrected chi connectivity index (χ0v) is 15.7. The number of aliphatic carboxylic acids is 1. The van der Waals surface area contributed by atoms with E-state index in [9.17, 15) is 18.0 Å². The molecule has 0 atom stereocenters. The smallest absolute Gasteiger partial charge is 0.307 e. The van der Waals surface area contributed by atoms with E-state index in [1.54, 1.807) is 36.4 Å². The Morgan fingerprint density at radius 2 is 1.74 bits per heavy atom. The molecule has 0 aliphatic rings. The van der Waals surface area contributed by atoms with Gasteiger partial charge in [-0.25, -0.2) is 8.42 Å². The Balaban J connectivity index is 1.79. The maximum atomic E-state index is 12.0. The van der Waals surface area contributed by atoms with Crippen LogP contribution in [0, 0.1) is 0 Å². The number of ether oxygens (including phenoxy) is 1. The summed E-state index contributed by atoms with van der Waals surface area (Å²) in [6, 6.07) is 12.8. The Kier molecular flexibility index (Phi) is 6.95. The van der Waals surface area contributed by atoms with Gasteiger partial charge in [-0.05, 0) is 42.3 Å². The number of sulfone groups is 1. The van der Waals surface area contributed by atoms with Gasteiger partial charge < -0.3 is 15.2 Å². The van der Waals surface area contributed by atoms with Gasteiger partial charge in [0.2, 0.25) is 5.91 Å². The third-order valence-corrected chi connectivity index (χ3v) is 4.83. The topological polar surface area (TPSA) is 110 Å². The van der Waals surface area contributed by atoms with Gasteiger partial charge in [0.05, 0.1) is 17.9 Å². The van der Waals surface area contributed by atoms with Crippen LogP contribution in [0.2, 0.25) is 0 Å². The third kappa shape index (κ3) is 6.74. The minimum absolute atomic E-state index is 0.164. The number of anilines is 1. The Bertz CT molecular complexity index is 906. The first-order chi connectivity index (χ1) is 12.8. The highest BCUT2D eigenvalue weighted by molar-refractivity contribution is 7.90. The molecule has 7 nitrogen and oxygen atoms in total. The number of carboxylic acids is 1. The summed E-state index contributed by atoms with van der Waals surface area (Å²) >= 11 is 0. The fourth-order valence-electron chi connectivity index (χ4n) is 2.38. The number of nitrogens with one attached hydrogen (secondary N) is 1. The van der Waals surface area contributed by atoms with Gasteiger partial charge in [0.25, 0.3) is 0 Å². The zero-order chi connectivity index (χ0) is 19.9. The normalized spacial score (nSPS) is 11.0. The van der Waals surface area contributed by atoms with Gasteiger partial charge in [0.1, 0.15) is 5.75 Å². The van der Waals surface area contributed by atoms with Gasteiger partial charge in [0, 0.05) is 18.4 Å². The van der Waals surface area contributed by atoms with Crippen LogP contribution in [0.3, 0.4) is 0 Å². The lowest BCUT2D eigenvalue weighted by Gasteiger charge is -2.10. The van der Waals surface area contributed by atoms with E-state index >= 15 is 0 Å². The van der Waals surface area contributed by atoms with Gasteiger partial charge in [0.15, 0.2) is 9.84 Å². The molecule has 0 radical (unpaired) electrons. The Morgan fingerprint density at radius 3 is 2.37 bits per heavy atom. The minimum Gasteiger partial charge on any atom is -0.494 e. The van der Waals surface area contributed by atoms with Crippen molar-refractivity contribution in [2.75, 3.05) is 18.2 Å². The van der Waals surface area contributed by atoms with E-state index in [0.717, 1.165) is 6.26 Å². The summed E-state index contributed by atoms with van der Waals surface area (Å²) < 4.78 is 28.3.